The molecule has 1 heterocycles. The van der Waals surface area contributed by atoms with E-state index in [1.54, 1.807) is 11.8 Å². The van der Waals surface area contributed by atoms with Crippen molar-refractivity contribution in [2.45, 2.75) is 64.8 Å². The third kappa shape index (κ3) is 4.37. The number of para-hydroxylation sites is 2. The lowest BCUT2D eigenvalue weighted by Crippen LogP contribution is -2.37. The molecule has 5 rings (SSSR count). The fraction of sp³-hybridized carbons (Fsp3) is 0.312. The first-order chi connectivity index (χ1) is 17.1. The van der Waals surface area contributed by atoms with Crippen molar-refractivity contribution >= 4 is 23.1 Å². The van der Waals surface area contributed by atoms with E-state index in [2.05, 4.69) is 50.4 Å². The standard InChI is InChI=1S/C32H34N2O2/c1-20-10-12-23(13-11-20)31-30-27(33-26-8-6-7-9-28(26)34(31)21(2)35)18-24(19-29(30)36)22-14-16-25(17-15-22)32(3,4)5/h6-17,24,31,33H,18-19H2,1-5H3/t24-,31+/m1/s1. The number of anilines is 2. The van der Waals surface area contributed by atoms with Gasteiger partial charge in [-0.2, -0.15) is 0 Å². The Labute approximate surface area is 214 Å². The summed E-state index contributed by atoms with van der Waals surface area (Å²) in [5.41, 5.74) is 7.90. The van der Waals surface area contributed by atoms with Crippen molar-refractivity contribution in [3.8, 4) is 0 Å². The summed E-state index contributed by atoms with van der Waals surface area (Å²) in [6.45, 7) is 10.3. The Hall–Kier alpha value is -3.66. The van der Waals surface area contributed by atoms with Crippen molar-refractivity contribution in [1.29, 1.82) is 0 Å². The van der Waals surface area contributed by atoms with Gasteiger partial charge in [-0.3, -0.25) is 14.5 Å². The van der Waals surface area contributed by atoms with Gasteiger partial charge in [-0.1, -0.05) is 87.0 Å². The number of amides is 1. The van der Waals surface area contributed by atoms with Gasteiger partial charge in [0.15, 0.2) is 5.78 Å². The Morgan fingerprint density at radius 3 is 2.17 bits per heavy atom. The molecule has 2 atom stereocenters. The van der Waals surface area contributed by atoms with E-state index < -0.39 is 6.04 Å². The van der Waals surface area contributed by atoms with E-state index in [1.165, 1.54) is 11.1 Å². The second kappa shape index (κ2) is 9.09. The summed E-state index contributed by atoms with van der Waals surface area (Å²) in [7, 11) is 0. The number of nitrogens with zero attached hydrogens (tertiary/aromatic N) is 1. The largest absolute Gasteiger partial charge is 0.357 e. The van der Waals surface area contributed by atoms with Crippen LogP contribution >= 0.6 is 0 Å². The Kier molecular flexibility index (Phi) is 6.07. The van der Waals surface area contributed by atoms with Gasteiger partial charge < -0.3 is 5.32 Å². The van der Waals surface area contributed by atoms with Crippen LogP contribution in [-0.2, 0) is 15.0 Å². The fourth-order valence-corrected chi connectivity index (χ4v) is 5.49. The third-order valence-electron chi connectivity index (χ3n) is 7.47. The molecule has 0 bridgehead atoms. The number of Topliss-reactive ketones (excluding diaryl/α,β-unsaturated/α-hetero) is 1. The number of allylic oxidation sites excluding steroid dienone is 1. The van der Waals surface area contributed by atoms with Crippen LogP contribution in [0.2, 0.25) is 0 Å². The van der Waals surface area contributed by atoms with Crippen LogP contribution in [0.15, 0.2) is 84.1 Å². The highest BCUT2D eigenvalue weighted by molar-refractivity contribution is 6.06. The molecule has 1 N–H and O–H groups in total. The van der Waals surface area contributed by atoms with Gasteiger partial charge in [-0.05, 0) is 53.5 Å². The highest BCUT2D eigenvalue weighted by atomic mass is 16.2. The van der Waals surface area contributed by atoms with Crippen molar-refractivity contribution in [2.75, 3.05) is 10.2 Å². The molecule has 1 aliphatic carbocycles. The molecule has 4 nitrogen and oxygen atoms in total. The van der Waals surface area contributed by atoms with Crippen LogP contribution in [0.4, 0.5) is 11.4 Å². The minimum Gasteiger partial charge on any atom is -0.357 e. The van der Waals surface area contributed by atoms with E-state index in [4.69, 9.17) is 0 Å². The van der Waals surface area contributed by atoms with Crippen molar-refractivity contribution in [3.05, 3.63) is 106 Å². The molecule has 4 heteroatoms. The summed E-state index contributed by atoms with van der Waals surface area (Å²) in [4.78, 5) is 28.8. The Bertz CT molecular complexity index is 1340. The summed E-state index contributed by atoms with van der Waals surface area (Å²) in [5, 5.41) is 3.59. The molecule has 0 saturated carbocycles. The Morgan fingerprint density at radius 2 is 1.53 bits per heavy atom. The lowest BCUT2D eigenvalue weighted by molar-refractivity contribution is -0.117. The lowest BCUT2D eigenvalue weighted by atomic mass is 9.77. The molecule has 0 fully saturated rings. The van der Waals surface area contributed by atoms with Crippen LogP contribution in [0.1, 0.15) is 74.8 Å². The van der Waals surface area contributed by atoms with Crippen LogP contribution in [-0.4, -0.2) is 11.7 Å². The van der Waals surface area contributed by atoms with Crippen molar-refractivity contribution in [1.82, 2.24) is 0 Å². The highest BCUT2D eigenvalue weighted by Crippen LogP contribution is 2.47. The molecule has 0 unspecified atom stereocenters. The molecule has 1 aliphatic heterocycles. The summed E-state index contributed by atoms with van der Waals surface area (Å²) in [6.07, 6.45) is 1.15. The third-order valence-corrected chi connectivity index (χ3v) is 7.47. The maximum Gasteiger partial charge on any atom is 0.224 e. The highest BCUT2D eigenvalue weighted by Gasteiger charge is 2.40. The van der Waals surface area contributed by atoms with Crippen molar-refractivity contribution < 1.29 is 9.59 Å². The van der Waals surface area contributed by atoms with Crippen molar-refractivity contribution in [2.24, 2.45) is 0 Å². The van der Waals surface area contributed by atoms with E-state index in [0.29, 0.717) is 12.0 Å². The van der Waals surface area contributed by atoms with Gasteiger partial charge in [0.1, 0.15) is 0 Å². The van der Waals surface area contributed by atoms with Crippen LogP contribution in [0.5, 0.6) is 0 Å². The lowest BCUT2D eigenvalue weighted by Gasteiger charge is -2.34. The second-order valence-corrected chi connectivity index (χ2v) is 11.1. The zero-order valence-electron chi connectivity index (χ0n) is 21.8. The van der Waals surface area contributed by atoms with E-state index in [9.17, 15) is 9.59 Å². The smallest absolute Gasteiger partial charge is 0.224 e. The number of fused-ring (bicyclic) bond motifs is 1. The van der Waals surface area contributed by atoms with Crippen molar-refractivity contribution in [3.63, 3.8) is 0 Å². The van der Waals surface area contributed by atoms with Gasteiger partial charge in [-0.15, -0.1) is 0 Å². The molecule has 3 aromatic rings. The average molecular weight is 479 g/mol. The zero-order valence-corrected chi connectivity index (χ0v) is 21.8. The summed E-state index contributed by atoms with van der Waals surface area (Å²) in [6, 6.07) is 24.3. The predicted molar refractivity (Wildman–Crippen MR) is 146 cm³/mol. The summed E-state index contributed by atoms with van der Waals surface area (Å²) in [5.74, 6) is 0.0991. The van der Waals surface area contributed by atoms with Gasteiger partial charge in [-0.25, -0.2) is 0 Å². The topological polar surface area (TPSA) is 49.4 Å². The van der Waals surface area contributed by atoms with Gasteiger partial charge in [0.2, 0.25) is 5.91 Å². The van der Waals surface area contributed by atoms with Crippen LogP contribution in [0.25, 0.3) is 0 Å². The number of aryl methyl sites for hydroxylation is 1. The summed E-state index contributed by atoms with van der Waals surface area (Å²) < 4.78 is 0. The minimum absolute atomic E-state index is 0.0839. The van der Waals surface area contributed by atoms with Gasteiger partial charge in [0.05, 0.1) is 17.4 Å². The molecule has 0 aromatic heterocycles. The van der Waals surface area contributed by atoms with Gasteiger partial charge in [0.25, 0.3) is 0 Å². The molecule has 184 valence electrons. The first-order valence-corrected chi connectivity index (χ1v) is 12.7. The molecular formula is C32H34N2O2. The molecular weight excluding hydrogens is 444 g/mol. The number of rotatable bonds is 2. The van der Waals surface area contributed by atoms with Gasteiger partial charge in [0, 0.05) is 24.6 Å². The quantitative estimate of drug-likeness (QED) is 0.423. The van der Waals surface area contributed by atoms with Gasteiger partial charge >= 0.3 is 0 Å². The SMILES string of the molecule is CC(=O)N1c2ccccc2NC2=C(C(=O)C[C@H](c3ccc(C(C)(C)C)cc3)C2)[C@@H]1c1ccc(C)cc1. The molecule has 1 amide bonds. The van der Waals surface area contributed by atoms with Crippen LogP contribution < -0.4 is 10.2 Å². The predicted octanol–water partition coefficient (Wildman–Crippen LogP) is 7.21. The Balaban J connectivity index is 1.63. The molecule has 0 radical (unpaired) electrons. The number of benzene rings is 3. The van der Waals surface area contributed by atoms with E-state index >= 15 is 0 Å². The van der Waals surface area contributed by atoms with E-state index in [1.807, 2.05) is 55.5 Å². The number of ketones is 1. The second-order valence-electron chi connectivity index (χ2n) is 11.1. The first kappa shape index (κ1) is 24.1. The molecule has 0 spiro atoms. The zero-order chi connectivity index (χ0) is 25.6. The van der Waals surface area contributed by atoms with E-state index in [-0.39, 0.29) is 23.0 Å². The number of hydrogen-bond acceptors (Lipinski definition) is 3. The first-order valence-electron chi connectivity index (χ1n) is 12.7. The van der Waals surface area contributed by atoms with Crippen LogP contribution in [0.3, 0.4) is 0 Å². The maximum absolute atomic E-state index is 13.9. The minimum atomic E-state index is -0.467. The summed E-state index contributed by atoms with van der Waals surface area (Å²) >= 11 is 0. The van der Waals surface area contributed by atoms with Crippen LogP contribution in [0, 0.1) is 6.92 Å². The maximum atomic E-state index is 13.9. The fourth-order valence-electron chi connectivity index (χ4n) is 5.49. The molecule has 0 saturated heterocycles. The Morgan fingerprint density at radius 1 is 0.889 bits per heavy atom. The number of carbonyl (C=O) groups excluding carboxylic acids is 2. The average Bonchev–Trinajstić information content (AvgIpc) is 2.99. The number of hydrogen-bond donors (Lipinski definition) is 1. The number of nitrogens with one attached hydrogen (secondary N) is 1. The monoisotopic (exact) mass is 478 g/mol. The molecule has 2 aliphatic rings. The molecule has 3 aromatic carbocycles. The number of carbonyl (C=O) groups is 2. The van der Waals surface area contributed by atoms with E-state index in [0.717, 1.165) is 34.6 Å². The normalized spacial score (nSPS) is 19.8. The molecule has 36 heavy (non-hydrogen) atoms.